The first kappa shape index (κ1) is 44.1. The molecule has 0 aliphatic rings. The highest BCUT2D eigenvalue weighted by Gasteiger charge is 2.60. The van der Waals surface area contributed by atoms with Gasteiger partial charge in [0.25, 0.3) is 0 Å². The summed E-state index contributed by atoms with van der Waals surface area (Å²) in [5.41, 5.74) is 0.276. The van der Waals surface area contributed by atoms with Crippen LogP contribution in [0.1, 0.15) is 51.9 Å². The standard InChI is InChI=1S/C58H58P4/c1-2-3-4-5-6-31-48-57(59(49-32-15-7-16-33-49)50-34-17-8-18-35-50)58(60(51-36-19-9-20-37-51)52-38-21-10-22-39-52,61(53-40-23-11-24-41-53)54-42-25-12-26-43-54)62(55-44-27-13-28-45-55)56-46-29-14-30-47-56/h7-30,32-47,57H,2-6,31,48H2,1H3. The Labute approximate surface area is 376 Å². The second kappa shape index (κ2) is 22.7. The molecule has 1 atom stereocenters. The highest BCUT2D eigenvalue weighted by atomic mass is 31.2. The molecular weight excluding hydrogens is 821 g/mol. The van der Waals surface area contributed by atoms with Gasteiger partial charge in [0.2, 0.25) is 0 Å². The third kappa shape index (κ3) is 10.1. The number of hydrogen-bond donors (Lipinski definition) is 0. The molecule has 0 heterocycles. The van der Waals surface area contributed by atoms with Gasteiger partial charge in [-0.25, -0.2) is 0 Å². The molecule has 4 heteroatoms. The molecule has 1 unspecified atom stereocenters. The van der Waals surface area contributed by atoms with E-state index in [9.17, 15) is 0 Å². The van der Waals surface area contributed by atoms with Crippen LogP contribution in [0.5, 0.6) is 0 Å². The molecule has 8 rings (SSSR count). The van der Waals surface area contributed by atoms with Crippen LogP contribution in [0.2, 0.25) is 0 Å². The maximum absolute atomic E-state index is 2.48. The van der Waals surface area contributed by atoms with Crippen molar-refractivity contribution in [2.24, 2.45) is 0 Å². The van der Waals surface area contributed by atoms with Crippen LogP contribution in [-0.4, -0.2) is 10.3 Å². The third-order valence-electron chi connectivity index (χ3n) is 11.7. The first-order valence-corrected chi connectivity index (χ1v) is 27.8. The summed E-state index contributed by atoms with van der Waals surface area (Å²) >= 11 is 0. The van der Waals surface area contributed by atoms with E-state index in [4.69, 9.17) is 0 Å². The first-order chi connectivity index (χ1) is 30.8. The van der Waals surface area contributed by atoms with Gasteiger partial charge in [0, 0.05) is 5.66 Å². The molecule has 0 aliphatic heterocycles. The molecule has 310 valence electrons. The molecule has 62 heavy (non-hydrogen) atoms. The molecular formula is C58H58P4. The molecule has 0 aromatic heterocycles. The predicted octanol–water partition coefficient (Wildman–Crippen LogP) is 13.3. The van der Waals surface area contributed by atoms with Crippen LogP contribution < -0.4 is 42.4 Å². The zero-order valence-electron chi connectivity index (χ0n) is 35.9. The Hall–Kier alpha value is -4.52. The maximum Gasteiger partial charge on any atom is 0.0618 e. The highest BCUT2D eigenvalue weighted by molar-refractivity contribution is 8.06. The number of rotatable bonds is 20. The zero-order chi connectivity index (χ0) is 42.2. The molecule has 0 fully saturated rings. The minimum atomic E-state index is -1.08. The Morgan fingerprint density at radius 1 is 0.290 bits per heavy atom. The van der Waals surface area contributed by atoms with Crippen LogP contribution in [0.25, 0.3) is 0 Å². The van der Waals surface area contributed by atoms with E-state index in [1.54, 1.807) is 0 Å². The Morgan fingerprint density at radius 3 is 0.774 bits per heavy atom. The third-order valence-corrected chi connectivity index (χ3v) is 26.7. The van der Waals surface area contributed by atoms with Crippen molar-refractivity contribution < 1.29 is 0 Å². The average molecular weight is 879 g/mol. The lowest BCUT2D eigenvalue weighted by Gasteiger charge is -2.58. The second-order valence-corrected chi connectivity index (χ2v) is 26.5. The summed E-state index contributed by atoms with van der Waals surface area (Å²) in [5, 5.41) is 11.7. The fourth-order valence-corrected chi connectivity index (χ4v) is 27.8. The van der Waals surface area contributed by atoms with Crippen LogP contribution in [0.3, 0.4) is 0 Å². The Balaban J connectivity index is 1.61. The van der Waals surface area contributed by atoms with Crippen molar-refractivity contribution in [3.63, 3.8) is 0 Å². The fourth-order valence-electron chi connectivity index (χ4n) is 9.10. The summed E-state index contributed by atoms with van der Waals surface area (Å²) in [4.78, 5) is 0. The largest absolute Gasteiger partial charge is 0.0654 e. The van der Waals surface area contributed by atoms with Gasteiger partial charge in [-0.15, -0.1) is 0 Å². The van der Waals surface area contributed by atoms with Gasteiger partial charge in [0.05, 0.1) is 4.64 Å². The van der Waals surface area contributed by atoms with Crippen molar-refractivity contribution in [3.8, 4) is 0 Å². The van der Waals surface area contributed by atoms with Crippen molar-refractivity contribution in [1.29, 1.82) is 0 Å². The van der Waals surface area contributed by atoms with Gasteiger partial charge in [-0.1, -0.05) is 288 Å². The van der Waals surface area contributed by atoms with Gasteiger partial charge in [0.15, 0.2) is 0 Å². The topological polar surface area (TPSA) is 0 Å². The van der Waals surface area contributed by atoms with E-state index < -0.39 is 31.7 Å². The van der Waals surface area contributed by atoms with E-state index >= 15 is 0 Å². The minimum Gasteiger partial charge on any atom is -0.0654 e. The molecule has 0 saturated heterocycles. The summed E-state index contributed by atoms with van der Waals surface area (Å²) in [6.45, 7) is 2.33. The van der Waals surface area contributed by atoms with E-state index in [1.165, 1.54) is 81.0 Å². The normalized spacial score (nSPS) is 12.3. The Kier molecular flexibility index (Phi) is 16.2. The highest BCUT2D eigenvalue weighted by Crippen LogP contribution is 2.83. The van der Waals surface area contributed by atoms with Crippen molar-refractivity contribution in [2.75, 3.05) is 0 Å². The van der Waals surface area contributed by atoms with Crippen molar-refractivity contribution >= 4 is 74.1 Å². The number of unbranched alkanes of at least 4 members (excludes halogenated alkanes) is 5. The molecule has 0 saturated carbocycles. The van der Waals surface area contributed by atoms with Gasteiger partial charge in [-0.05, 0) is 80.5 Å². The van der Waals surface area contributed by atoms with Crippen LogP contribution in [0.15, 0.2) is 243 Å². The summed E-state index contributed by atoms with van der Waals surface area (Å²) in [6, 6.07) is 94.2. The monoisotopic (exact) mass is 878 g/mol. The van der Waals surface area contributed by atoms with E-state index in [1.807, 2.05) is 0 Å². The molecule has 0 N–H and O–H groups in total. The first-order valence-electron chi connectivity index (χ1n) is 22.4. The van der Waals surface area contributed by atoms with Crippen LogP contribution in [0, 0.1) is 0 Å². The van der Waals surface area contributed by atoms with Crippen molar-refractivity contribution in [3.05, 3.63) is 243 Å². The van der Waals surface area contributed by atoms with Gasteiger partial charge in [-0.2, -0.15) is 0 Å². The van der Waals surface area contributed by atoms with Gasteiger partial charge in [0.1, 0.15) is 0 Å². The molecule has 0 aliphatic carbocycles. The van der Waals surface area contributed by atoms with Gasteiger partial charge >= 0.3 is 0 Å². The Bertz CT molecular complexity index is 2090. The molecule has 0 nitrogen and oxygen atoms in total. The molecule has 0 spiro atoms. The summed E-state index contributed by atoms with van der Waals surface area (Å²) in [7, 11) is -4.16. The van der Waals surface area contributed by atoms with Crippen LogP contribution in [-0.2, 0) is 0 Å². The molecule has 0 bridgehead atoms. The molecule has 8 aromatic rings. The molecule has 0 amide bonds. The molecule has 8 aromatic carbocycles. The van der Waals surface area contributed by atoms with Gasteiger partial charge < -0.3 is 0 Å². The second-order valence-electron chi connectivity index (χ2n) is 15.8. The van der Waals surface area contributed by atoms with E-state index in [0.717, 1.165) is 6.42 Å². The van der Waals surface area contributed by atoms with E-state index in [2.05, 4.69) is 250 Å². The summed E-state index contributed by atoms with van der Waals surface area (Å²) in [6.07, 6.45) is 8.73. The maximum atomic E-state index is 2.48. The summed E-state index contributed by atoms with van der Waals surface area (Å²) in [5.74, 6) is 0. The van der Waals surface area contributed by atoms with Gasteiger partial charge in [-0.3, -0.25) is 0 Å². The van der Waals surface area contributed by atoms with E-state index in [-0.39, 0.29) is 10.3 Å². The van der Waals surface area contributed by atoms with Crippen molar-refractivity contribution in [2.45, 2.75) is 62.2 Å². The lowest BCUT2D eigenvalue weighted by atomic mass is 10.1. The quantitative estimate of drug-likeness (QED) is 0.0529. The SMILES string of the molecule is CCCCCCCCC(P(c1ccccc1)c1ccccc1)C(P(c1ccccc1)c1ccccc1)(P(c1ccccc1)c1ccccc1)P(c1ccccc1)c1ccccc1. The minimum absolute atomic E-state index is 0.276. The predicted molar refractivity (Wildman–Crippen MR) is 281 cm³/mol. The Morgan fingerprint density at radius 2 is 0.516 bits per heavy atom. The number of benzene rings is 8. The smallest absolute Gasteiger partial charge is 0.0618 e. The molecule has 0 radical (unpaired) electrons. The number of hydrogen-bond acceptors (Lipinski definition) is 0. The van der Waals surface area contributed by atoms with Crippen LogP contribution in [0.4, 0.5) is 0 Å². The average Bonchev–Trinajstić information content (AvgIpc) is 3.35. The lowest BCUT2D eigenvalue weighted by molar-refractivity contribution is 0.582. The summed E-state index contributed by atoms with van der Waals surface area (Å²) < 4.78 is -0.311. The van der Waals surface area contributed by atoms with E-state index in [0.29, 0.717) is 0 Å². The zero-order valence-corrected chi connectivity index (χ0v) is 39.5. The van der Waals surface area contributed by atoms with Crippen molar-refractivity contribution in [1.82, 2.24) is 0 Å². The van der Waals surface area contributed by atoms with Crippen LogP contribution >= 0.6 is 31.7 Å². The lowest BCUT2D eigenvalue weighted by Crippen LogP contribution is -2.51. The fraction of sp³-hybridized carbons (Fsp3) is 0.172.